The van der Waals surface area contributed by atoms with Crippen molar-refractivity contribution in [2.24, 2.45) is 5.92 Å². The Bertz CT molecular complexity index is 1080. The van der Waals surface area contributed by atoms with Crippen LogP contribution in [-0.2, 0) is 4.79 Å². The van der Waals surface area contributed by atoms with Crippen LogP contribution in [0, 0.1) is 11.7 Å². The molecule has 4 rings (SSSR count). The van der Waals surface area contributed by atoms with Crippen molar-refractivity contribution in [2.75, 3.05) is 18.4 Å². The summed E-state index contributed by atoms with van der Waals surface area (Å²) in [6, 6.07) is 22.2. The number of hydrogen-bond donors (Lipinski definition) is 1. The molecule has 31 heavy (non-hydrogen) atoms. The van der Waals surface area contributed by atoms with Gasteiger partial charge in [0.25, 0.3) is 5.91 Å². The lowest BCUT2D eigenvalue weighted by atomic mass is 9.95. The summed E-state index contributed by atoms with van der Waals surface area (Å²) in [4.78, 5) is 27.2. The molecule has 3 aromatic carbocycles. The molecular weight excluding hydrogens is 459 g/mol. The molecule has 0 unspecified atom stereocenters. The molecule has 1 saturated heterocycles. The summed E-state index contributed by atoms with van der Waals surface area (Å²) in [5, 5.41) is 2.67. The van der Waals surface area contributed by atoms with Gasteiger partial charge in [0.15, 0.2) is 0 Å². The van der Waals surface area contributed by atoms with Gasteiger partial charge in [-0.3, -0.25) is 9.59 Å². The number of nitrogens with one attached hydrogen (secondary N) is 1. The van der Waals surface area contributed by atoms with E-state index >= 15 is 0 Å². The number of carbonyl (C=O) groups is 2. The van der Waals surface area contributed by atoms with Gasteiger partial charge in [-0.25, -0.2) is 4.39 Å². The molecule has 1 heterocycles. The maximum atomic E-state index is 14.0. The molecule has 1 N–H and O–H groups in total. The topological polar surface area (TPSA) is 49.4 Å². The highest BCUT2D eigenvalue weighted by Crippen LogP contribution is 2.25. The summed E-state index contributed by atoms with van der Waals surface area (Å²) < 4.78 is 14.6. The fourth-order valence-corrected chi connectivity index (χ4v) is 4.12. The van der Waals surface area contributed by atoms with Crippen LogP contribution in [0.15, 0.2) is 77.3 Å². The molecule has 0 bridgehead atoms. The predicted molar refractivity (Wildman–Crippen MR) is 123 cm³/mol. The number of halogens is 2. The molecule has 1 aliphatic heterocycles. The first-order valence-corrected chi connectivity index (χ1v) is 11.0. The van der Waals surface area contributed by atoms with Crippen LogP contribution in [0.4, 0.5) is 10.1 Å². The van der Waals surface area contributed by atoms with Crippen LogP contribution in [0.2, 0.25) is 0 Å². The van der Waals surface area contributed by atoms with Gasteiger partial charge in [-0.1, -0.05) is 58.4 Å². The van der Waals surface area contributed by atoms with Crippen molar-refractivity contribution in [3.8, 4) is 11.1 Å². The van der Waals surface area contributed by atoms with Crippen molar-refractivity contribution in [1.29, 1.82) is 0 Å². The number of hydrogen-bond acceptors (Lipinski definition) is 2. The monoisotopic (exact) mass is 480 g/mol. The quantitative estimate of drug-likeness (QED) is 0.516. The average molecular weight is 481 g/mol. The second-order valence-electron chi connectivity index (χ2n) is 7.62. The number of anilines is 1. The minimum absolute atomic E-state index is 0.0302. The Kier molecular flexibility index (Phi) is 6.47. The van der Waals surface area contributed by atoms with Crippen LogP contribution >= 0.6 is 15.9 Å². The van der Waals surface area contributed by atoms with E-state index in [0.29, 0.717) is 36.0 Å². The van der Waals surface area contributed by atoms with Gasteiger partial charge < -0.3 is 10.2 Å². The van der Waals surface area contributed by atoms with E-state index in [4.69, 9.17) is 0 Å². The number of benzene rings is 3. The number of carbonyl (C=O) groups excluding carboxylic acids is 2. The SMILES string of the molecule is O=C(Nc1ccc(Br)cc1F)C1CCN(C(=O)c2ccc(-c3ccccc3)cc2)CC1. The van der Waals surface area contributed by atoms with Crippen molar-refractivity contribution in [3.05, 3.63) is 88.6 Å². The molecule has 1 fully saturated rings. The van der Waals surface area contributed by atoms with Gasteiger partial charge in [0.2, 0.25) is 5.91 Å². The van der Waals surface area contributed by atoms with E-state index in [1.54, 1.807) is 11.0 Å². The lowest BCUT2D eigenvalue weighted by Crippen LogP contribution is -2.41. The number of rotatable bonds is 4. The third-order valence-corrected chi connectivity index (χ3v) is 6.07. The summed E-state index contributed by atoms with van der Waals surface area (Å²) in [5.74, 6) is -0.959. The smallest absolute Gasteiger partial charge is 0.253 e. The van der Waals surface area contributed by atoms with Gasteiger partial charge in [-0.2, -0.15) is 0 Å². The summed E-state index contributed by atoms with van der Waals surface area (Å²) in [5.41, 5.74) is 2.98. The number of piperidine rings is 1. The van der Waals surface area contributed by atoms with Gasteiger partial charge in [0.1, 0.15) is 5.82 Å². The van der Waals surface area contributed by atoms with E-state index in [-0.39, 0.29) is 23.4 Å². The van der Waals surface area contributed by atoms with Crippen molar-refractivity contribution in [1.82, 2.24) is 4.90 Å². The van der Waals surface area contributed by atoms with Crippen LogP contribution in [0.5, 0.6) is 0 Å². The number of likely N-dealkylation sites (tertiary alicyclic amines) is 1. The van der Waals surface area contributed by atoms with Gasteiger partial charge >= 0.3 is 0 Å². The highest BCUT2D eigenvalue weighted by Gasteiger charge is 2.28. The minimum atomic E-state index is -0.478. The molecule has 158 valence electrons. The van der Waals surface area contributed by atoms with Crippen LogP contribution in [0.3, 0.4) is 0 Å². The maximum Gasteiger partial charge on any atom is 0.253 e. The Morgan fingerprint density at radius 3 is 2.19 bits per heavy atom. The number of amides is 2. The Balaban J connectivity index is 1.34. The van der Waals surface area contributed by atoms with Gasteiger partial charge in [0.05, 0.1) is 5.69 Å². The summed E-state index contributed by atoms with van der Waals surface area (Å²) in [7, 11) is 0. The van der Waals surface area contributed by atoms with E-state index in [2.05, 4.69) is 21.2 Å². The summed E-state index contributed by atoms with van der Waals surface area (Å²) in [6.45, 7) is 1.00. The first-order chi connectivity index (χ1) is 15.0. The lowest BCUT2D eigenvalue weighted by Gasteiger charge is -2.31. The third-order valence-electron chi connectivity index (χ3n) is 5.58. The van der Waals surface area contributed by atoms with Gasteiger partial charge in [0, 0.05) is 29.0 Å². The third kappa shape index (κ3) is 5.02. The van der Waals surface area contributed by atoms with Gasteiger partial charge in [-0.05, 0) is 54.3 Å². The molecule has 0 aromatic heterocycles. The lowest BCUT2D eigenvalue weighted by molar-refractivity contribution is -0.121. The van der Waals surface area contributed by atoms with Crippen LogP contribution in [0.25, 0.3) is 11.1 Å². The Hall–Kier alpha value is -2.99. The molecule has 0 aliphatic carbocycles. The fraction of sp³-hybridized carbons (Fsp3) is 0.200. The Morgan fingerprint density at radius 2 is 1.55 bits per heavy atom. The van der Waals surface area contributed by atoms with Gasteiger partial charge in [-0.15, -0.1) is 0 Å². The summed E-state index contributed by atoms with van der Waals surface area (Å²) >= 11 is 3.20. The second-order valence-corrected chi connectivity index (χ2v) is 8.54. The van der Waals surface area contributed by atoms with E-state index in [0.717, 1.165) is 11.1 Å². The molecule has 4 nitrogen and oxygen atoms in total. The molecule has 1 aliphatic rings. The first kappa shape index (κ1) is 21.2. The van der Waals surface area contributed by atoms with Crippen LogP contribution < -0.4 is 5.32 Å². The van der Waals surface area contributed by atoms with Crippen molar-refractivity contribution in [2.45, 2.75) is 12.8 Å². The zero-order chi connectivity index (χ0) is 21.8. The van der Waals surface area contributed by atoms with Crippen molar-refractivity contribution in [3.63, 3.8) is 0 Å². The molecule has 0 radical (unpaired) electrons. The maximum absolute atomic E-state index is 14.0. The molecule has 0 spiro atoms. The molecule has 6 heteroatoms. The van der Waals surface area contributed by atoms with E-state index in [1.165, 1.54) is 12.1 Å². The fourth-order valence-electron chi connectivity index (χ4n) is 3.79. The Morgan fingerprint density at radius 1 is 0.903 bits per heavy atom. The molecular formula is C25H22BrFN2O2. The Labute approximate surface area is 189 Å². The standard InChI is InChI=1S/C25H22BrFN2O2/c26-21-10-11-23(22(27)16-21)28-24(30)19-12-14-29(15-13-19)25(31)20-8-6-18(7-9-20)17-4-2-1-3-5-17/h1-11,16,19H,12-15H2,(H,28,30). The molecule has 2 amide bonds. The number of nitrogens with zero attached hydrogens (tertiary/aromatic N) is 1. The zero-order valence-corrected chi connectivity index (χ0v) is 18.4. The molecule has 0 saturated carbocycles. The highest BCUT2D eigenvalue weighted by molar-refractivity contribution is 9.10. The zero-order valence-electron chi connectivity index (χ0n) is 16.9. The molecule has 0 atom stereocenters. The van der Waals surface area contributed by atoms with E-state index < -0.39 is 5.82 Å². The highest BCUT2D eigenvalue weighted by atomic mass is 79.9. The predicted octanol–water partition coefficient (Wildman–Crippen LogP) is 5.75. The normalized spacial score (nSPS) is 14.3. The van der Waals surface area contributed by atoms with Crippen molar-refractivity contribution >= 4 is 33.4 Å². The first-order valence-electron chi connectivity index (χ1n) is 10.2. The second kappa shape index (κ2) is 9.43. The summed E-state index contributed by atoms with van der Waals surface area (Å²) in [6.07, 6.45) is 1.11. The molecule has 3 aromatic rings. The largest absolute Gasteiger partial charge is 0.339 e. The van der Waals surface area contributed by atoms with Crippen LogP contribution in [-0.4, -0.2) is 29.8 Å². The van der Waals surface area contributed by atoms with Crippen LogP contribution in [0.1, 0.15) is 23.2 Å². The van der Waals surface area contributed by atoms with E-state index in [1.807, 2.05) is 54.6 Å². The van der Waals surface area contributed by atoms with Crippen molar-refractivity contribution < 1.29 is 14.0 Å². The average Bonchev–Trinajstić information content (AvgIpc) is 2.81. The van der Waals surface area contributed by atoms with E-state index in [9.17, 15) is 14.0 Å². The minimum Gasteiger partial charge on any atom is -0.339 e.